The van der Waals surface area contributed by atoms with E-state index in [9.17, 15) is 0 Å². The number of hydrogen-bond donors (Lipinski definition) is 0. The van der Waals surface area contributed by atoms with E-state index in [1.54, 1.807) is 0 Å². The molecule has 0 spiro atoms. The monoisotopic (exact) mass is 656 g/mol. The Kier molecular flexibility index (Phi) is 7.68. The van der Waals surface area contributed by atoms with E-state index in [-0.39, 0.29) is 0 Å². The minimum atomic E-state index is -0.503. The third-order valence-electron chi connectivity index (χ3n) is 9.66. The molecule has 0 N–H and O–H groups in total. The lowest BCUT2D eigenvalue weighted by molar-refractivity contribution is 0.704. The first-order valence-electron chi connectivity index (χ1n) is 16.9. The lowest BCUT2D eigenvalue weighted by Gasteiger charge is -2.42. The van der Waals surface area contributed by atoms with Crippen molar-refractivity contribution in [2.75, 3.05) is 0 Å². The van der Waals surface area contributed by atoms with E-state index in [4.69, 9.17) is 9.97 Å². The molecule has 1 aromatic heterocycles. The summed E-state index contributed by atoms with van der Waals surface area (Å²) in [6.45, 7) is 0. The Labute approximate surface area is 297 Å². The van der Waals surface area contributed by atoms with Gasteiger partial charge in [0.25, 0.3) is 0 Å². The van der Waals surface area contributed by atoms with E-state index in [0.29, 0.717) is 5.82 Å². The molecule has 0 atom stereocenters. The Hall–Kier alpha value is -6.03. The summed E-state index contributed by atoms with van der Waals surface area (Å²) in [6.07, 6.45) is 0. The summed E-state index contributed by atoms with van der Waals surface area (Å²) in [5, 5.41) is 0. The molecule has 0 radical (unpaired) electrons. The molecule has 1 aliphatic rings. The predicted molar refractivity (Wildman–Crippen MR) is 206 cm³/mol. The van der Waals surface area contributed by atoms with Gasteiger partial charge in [-0.15, -0.1) is 0 Å². The molecule has 7 aromatic carbocycles. The summed E-state index contributed by atoms with van der Waals surface area (Å²) in [5.74, 6) is 0.716. The topological polar surface area (TPSA) is 25.8 Å². The van der Waals surface area contributed by atoms with E-state index in [0.717, 1.165) is 33.6 Å². The third kappa shape index (κ3) is 5.15. The number of hydrogen-bond acceptors (Lipinski definition) is 3. The number of nitrogens with zero attached hydrogens (tertiary/aromatic N) is 2. The van der Waals surface area contributed by atoms with E-state index in [2.05, 4.69) is 170 Å². The van der Waals surface area contributed by atoms with Crippen LogP contribution in [0.25, 0.3) is 45.0 Å². The highest BCUT2D eigenvalue weighted by molar-refractivity contribution is 7.99. The maximum Gasteiger partial charge on any atom is 0.160 e. The van der Waals surface area contributed by atoms with Crippen LogP contribution in [0.15, 0.2) is 204 Å². The Bertz CT molecular complexity index is 2340. The molecule has 0 saturated heterocycles. The second-order valence-corrected chi connectivity index (χ2v) is 13.6. The number of fused-ring (bicyclic) bond motifs is 2. The fourth-order valence-corrected chi connectivity index (χ4v) is 8.58. The van der Waals surface area contributed by atoms with Crippen LogP contribution in [0.2, 0.25) is 0 Å². The normalized spacial score (nSPS) is 12.9. The summed E-state index contributed by atoms with van der Waals surface area (Å²) >= 11 is 1.86. The van der Waals surface area contributed by atoms with Crippen LogP contribution in [0.3, 0.4) is 0 Å². The summed E-state index contributed by atoms with van der Waals surface area (Å²) in [6, 6.07) is 69.3. The smallest absolute Gasteiger partial charge is 0.160 e. The van der Waals surface area contributed by atoms with Gasteiger partial charge in [0.05, 0.1) is 16.8 Å². The van der Waals surface area contributed by atoms with Crippen LogP contribution in [0, 0.1) is 0 Å². The molecule has 0 unspecified atom stereocenters. The van der Waals surface area contributed by atoms with Gasteiger partial charge in [0.1, 0.15) is 0 Å². The first-order valence-corrected chi connectivity index (χ1v) is 17.7. The Morgan fingerprint density at radius 3 is 1.40 bits per heavy atom. The highest BCUT2D eigenvalue weighted by atomic mass is 32.2. The zero-order chi connectivity index (χ0) is 33.3. The molecule has 0 bridgehead atoms. The Balaban J connectivity index is 1.22. The van der Waals surface area contributed by atoms with Crippen molar-refractivity contribution in [3.8, 4) is 45.0 Å². The molecule has 9 rings (SSSR count). The molecule has 0 saturated carbocycles. The highest BCUT2D eigenvalue weighted by Crippen LogP contribution is 2.57. The molecule has 2 nitrogen and oxygen atoms in total. The Morgan fingerprint density at radius 1 is 0.360 bits per heavy atom. The van der Waals surface area contributed by atoms with Gasteiger partial charge in [-0.3, -0.25) is 0 Å². The standard InChI is InChI=1S/C47H32N2S/c1-4-16-34(17-5-1)42-32-43(49-46(48-42)36-18-6-2-7-19-36)35-30-28-33(29-31-35)38-22-10-11-23-39(38)47(37-20-8-3-9-21-37)40-24-12-14-26-44(40)50-45-27-15-13-25-41(45)47/h1-32H. The van der Waals surface area contributed by atoms with Gasteiger partial charge in [-0.1, -0.05) is 188 Å². The first kappa shape index (κ1) is 30.1. The molecule has 0 amide bonds. The summed E-state index contributed by atoms with van der Waals surface area (Å²) in [7, 11) is 0. The van der Waals surface area contributed by atoms with Crippen molar-refractivity contribution in [1.29, 1.82) is 0 Å². The molecule has 1 aliphatic heterocycles. The minimum Gasteiger partial charge on any atom is -0.228 e. The van der Waals surface area contributed by atoms with Gasteiger partial charge in [0.2, 0.25) is 0 Å². The van der Waals surface area contributed by atoms with E-state index >= 15 is 0 Å². The molecule has 50 heavy (non-hydrogen) atoms. The van der Waals surface area contributed by atoms with Crippen molar-refractivity contribution in [1.82, 2.24) is 9.97 Å². The molecule has 236 valence electrons. The highest BCUT2D eigenvalue weighted by Gasteiger charge is 2.45. The van der Waals surface area contributed by atoms with E-state index in [1.165, 1.54) is 37.6 Å². The fraction of sp³-hybridized carbons (Fsp3) is 0.0213. The first-order chi connectivity index (χ1) is 24.8. The quantitative estimate of drug-likeness (QED) is 0.178. The van der Waals surface area contributed by atoms with Gasteiger partial charge < -0.3 is 0 Å². The van der Waals surface area contributed by atoms with Crippen LogP contribution < -0.4 is 0 Å². The van der Waals surface area contributed by atoms with Gasteiger partial charge in [0.15, 0.2) is 5.82 Å². The fourth-order valence-electron chi connectivity index (χ4n) is 7.39. The van der Waals surface area contributed by atoms with Crippen LogP contribution in [-0.4, -0.2) is 9.97 Å². The summed E-state index contributed by atoms with van der Waals surface area (Å²) in [5.41, 5.74) is 11.9. The lowest BCUT2D eigenvalue weighted by Crippen LogP contribution is -2.34. The molecule has 3 heteroatoms. The molecule has 2 heterocycles. The minimum absolute atomic E-state index is 0.503. The lowest BCUT2D eigenvalue weighted by atomic mass is 9.63. The number of aromatic nitrogens is 2. The molecular formula is C47H32N2S. The second kappa shape index (κ2) is 12.8. The number of rotatable bonds is 6. The maximum atomic E-state index is 5.08. The zero-order valence-electron chi connectivity index (χ0n) is 27.3. The van der Waals surface area contributed by atoms with Crippen LogP contribution in [-0.2, 0) is 5.41 Å². The van der Waals surface area contributed by atoms with Crippen molar-refractivity contribution in [2.24, 2.45) is 0 Å². The van der Waals surface area contributed by atoms with Crippen molar-refractivity contribution >= 4 is 11.8 Å². The van der Waals surface area contributed by atoms with Crippen LogP contribution in [0.5, 0.6) is 0 Å². The maximum absolute atomic E-state index is 5.08. The summed E-state index contributed by atoms with van der Waals surface area (Å²) < 4.78 is 0. The third-order valence-corrected chi connectivity index (χ3v) is 10.8. The van der Waals surface area contributed by atoms with Crippen LogP contribution in [0.1, 0.15) is 22.3 Å². The van der Waals surface area contributed by atoms with Crippen molar-refractivity contribution in [2.45, 2.75) is 15.2 Å². The molecule has 8 aromatic rings. The summed E-state index contributed by atoms with van der Waals surface area (Å²) in [4.78, 5) is 12.6. The predicted octanol–water partition coefficient (Wildman–Crippen LogP) is 12.0. The number of benzene rings is 7. The zero-order valence-corrected chi connectivity index (χ0v) is 28.1. The SMILES string of the molecule is c1ccc(-c2cc(-c3ccc(-c4ccccc4C4(c5ccccc5)c5ccccc5Sc5ccccc54)cc3)nc(-c3ccccc3)n2)cc1. The van der Waals surface area contributed by atoms with Gasteiger partial charge in [-0.25, -0.2) is 9.97 Å². The molecule has 0 aliphatic carbocycles. The van der Waals surface area contributed by atoms with Gasteiger partial charge in [-0.05, 0) is 51.6 Å². The average molecular weight is 657 g/mol. The van der Waals surface area contributed by atoms with E-state index in [1.807, 2.05) is 36.0 Å². The van der Waals surface area contributed by atoms with Crippen molar-refractivity contribution in [3.63, 3.8) is 0 Å². The van der Waals surface area contributed by atoms with Crippen LogP contribution >= 0.6 is 11.8 Å². The van der Waals surface area contributed by atoms with Crippen LogP contribution in [0.4, 0.5) is 0 Å². The largest absolute Gasteiger partial charge is 0.228 e. The molecular weight excluding hydrogens is 625 g/mol. The Morgan fingerprint density at radius 2 is 0.800 bits per heavy atom. The van der Waals surface area contributed by atoms with Crippen molar-refractivity contribution < 1.29 is 0 Å². The van der Waals surface area contributed by atoms with Crippen molar-refractivity contribution in [3.05, 3.63) is 216 Å². The second-order valence-electron chi connectivity index (χ2n) is 12.5. The average Bonchev–Trinajstić information content (AvgIpc) is 3.21. The molecule has 0 fully saturated rings. The van der Waals surface area contributed by atoms with Gasteiger partial charge in [0, 0.05) is 26.5 Å². The van der Waals surface area contributed by atoms with Gasteiger partial charge >= 0.3 is 0 Å². The van der Waals surface area contributed by atoms with Gasteiger partial charge in [-0.2, -0.15) is 0 Å². The van der Waals surface area contributed by atoms with E-state index < -0.39 is 5.41 Å².